The van der Waals surface area contributed by atoms with Gasteiger partial charge in [0, 0.05) is 18.3 Å². The first-order valence-electron chi connectivity index (χ1n) is 6.36. The van der Waals surface area contributed by atoms with Crippen LogP contribution in [0.1, 0.15) is 37.2 Å². The molecule has 0 aromatic heterocycles. The summed E-state index contributed by atoms with van der Waals surface area (Å²) in [5.74, 6) is -1.04. The lowest BCUT2D eigenvalue weighted by Gasteiger charge is -2.26. The summed E-state index contributed by atoms with van der Waals surface area (Å²) in [5, 5.41) is 9.29. The molecule has 0 saturated heterocycles. The van der Waals surface area contributed by atoms with Gasteiger partial charge >= 0.3 is 5.97 Å². The number of carboxylic acids is 1. The van der Waals surface area contributed by atoms with E-state index in [1.54, 1.807) is 0 Å². The van der Waals surface area contributed by atoms with E-state index in [0.29, 0.717) is 12.6 Å². The van der Waals surface area contributed by atoms with Crippen LogP contribution in [0.3, 0.4) is 0 Å². The highest BCUT2D eigenvalue weighted by Crippen LogP contribution is 2.40. The van der Waals surface area contributed by atoms with Crippen LogP contribution in [0.2, 0.25) is 0 Å². The average molecular weight is 231 g/mol. The lowest BCUT2D eigenvalue weighted by atomic mass is 10.0. The highest BCUT2D eigenvalue weighted by atomic mass is 16.4. The van der Waals surface area contributed by atoms with E-state index in [-0.39, 0.29) is 5.92 Å². The Morgan fingerprint density at radius 2 is 1.94 bits per heavy atom. The lowest BCUT2D eigenvalue weighted by molar-refractivity contribution is -0.138. The van der Waals surface area contributed by atoms with E-state index in [9.17, 15) is 9.90 Å². The van der Waals surface area contributed by atoms with Crippen molar-refractivity contribution in [1.82, 2.24) is 0 Å². The molecule has 1 aromatic carbocycles. The molecule has 2 aliphatic rings. The third-order valence-corrected chi connectivity index (χ3v) is 4.06. The minimum atomic E-state index is -0.696. The van der Waals surface area contributed by atoms with Gasteiger partial charge in [0.25, 0.3) is 0 Å². The third kappa shape index (κ3) is 1.70. The highest BCUT2D eigenvalue weighted by molar-refractivity contribution is 5.83. The summed E-state index contributed by atoms with van der Waals surface area (Å²) in [6.45, 7) is 0.652. The number of para-hydroxylation sites is 1. The standard InChI is InChI=1S/C14H17NO2/c16-14(17)12-9-15(10-5-1-2-6-10)13-8-4-3-7-11(12)13/h3-4,7-8,10,12H,1-2,5-6,9H2,(H,16,17). The number of fused-ring (bicyclic) bond motifs is 1. The van der Waals surface area contributed by atoms with Gasteiger partial charge < -0.3 is 10.0 Å². The Morgan fingerprint density at radius 3 is 2.65 bits per heavy atom. The van der Waals surface area contributed by atoms with Crippen LogP contribution in [-0.4, -0.2) is 23.7 Å². The maximum atomic E-state index is 11.3. The van der Waals surface area contributed by atoms with Crippen LogP contribution in [0.5, 0.6) is 0 Å². The van der Waals surface area contributed by atoms with Crippen LogP contribution < -0.4 is 4.90 Å². The van der Waals surface area contributed by atoms with Crippen molar-refractivity contribution >= 4 is 11.7 Å². The van der Waals surface area contributed by atoms with E-state index in [2.05, 4.69) is 11.0 Å². The molecule has 3 rings (SSSR count). The second-order valence-electron chi connectivity index (χ2n) is 5.04. The van der Waals surface area contributed by atoms with Crippen LogP contribution in [0.25, 0.3) is 0 Å². The summed E-state index contributed by atoms with van der Waals surface area (Å²) in [7, 11) is 0. The minimum absolute atomic E-state index is 0.341. The number of rotatable bonds is 2. The molecule has 1 fully saturated rings. The van der Waals surface area contributed by atoms with Crippen molar-refractivity contribution in [2.75, 3.05) is 11.4 Å². The predicted octanol–water partition coefficient (Wildman–Crippen LogP) is 2.62. The zero-order valence-electron chi connectivity index (χ0n) is 9.80. The van der Waals surface area contributed by atoms with Gasteiger partial charge in [-0.1, -0.05) is 31.0 Å². The number of nitrogens with zero attached hydrogens (tertiary/aromatic N) is 1. The van der Waals surface area contributed by atoms with Crippen molar-refractivity contribution in [3.8, 4) is 0 Å². The number of carbonyl (C=O) groups is 1. The van der Waals surface area contributed by atoms with Crippen LogP contribution in [0, 0.1) is 0 Å². The van der Waals surface area contributed by atoms with Crippen molar-refractivity contribution in [1.29, 1.82) is 0 Å². The smallest absolute Gasteiger partial charge is 0.312 e. The van der Waals surface area contributed by atoms with Gasteiger partial charge in [-0.3, -0.25) is 4.79 Å². The van der Waals surface area contributed by atoms with Gasteiger partial charge in [0.05, 0.1) is 0 Å². The van der Waals surface area contributed by atoms with Gasteiger partial charge in [-0.2, -0.15) is 0 Å². The SMILES string of the molecule is O=C(O)C1CN(C2CCCC2)c2ccccc21. The fraction of sp³-hybridized carbons (Fsp3) is 0.500. The molecule has 0 amide bonds. The molecule has 1 aliphatic carbocycles. The minimum Gasteiger partial charge on any atom is -0.481 e. The van der Waals surface area contributed by atoms with Crippen LogP contribution >= 0.6 is 0 Å². The van der Waals surface area contributed by atoms with Crippen molar-refractivity contribution in [3.63, 3.8) is 0 Å². The van der Waals surface area contributed by atoms with Gasteiger partial charge in [0.2, 0.25) is 0 Å². The summed E-state index contributed by atoms with van der Waals surface area (Å²) in [6, 6.07) is 8.53. The molecular weight excluding hydrogens is 214 g/mol. The molecule has 1 aromatic rings. The molecule has 0 bridgehead atoms. The van der Waals surface area contributed by atoms with Gasteiger partial charge in [-0.05, 0) is 24.5 Å². The quantitative estimate of drug-likeness (QED) is 0.850. The molecule has 1 aliphatic heterocycles. The number of carboxylic acid groups (broad SMARTS) is 1. The maximum absolute atomic E-state index is 11.3. The fourth-order valence-electron chi connectivity index (χ4n) is 3.21. The molecule has 0 spiro atoms. The molecule has 17 heavy (non-hydrogen) atoms. The topological polar surface area (TPSA) is 40.5 Å². The Kier molecular flexibility index (Phi) is 2.54. The zero-order valence-corrected chi connectivity index (χ0v) is 9.80. The molecule has 90 valence electrons. The Balaban J connectivity index is 1.96. The molecular formula is C14H17NO2. The highest BCUT2D eigenvalue weighted by Gasteiger charge is 2.37. The first-order chi connectivity index (χ1) is 8.27. The second kappa shape index (κ2) is 4.06. The van der Waals surface area contributed by atoms with E-state index in [1.807, 2.05) is 18.2 Å². The van der Waals surface area contributed by atoms with E-state index in [1.165, 1.54) is 25.7 Å². The monoisotopic (exact) mass is 231 g/mol. The average Bonchev–Trinajstić information content (AvgIpc) is 2.95. The van der Waals surface area contributed by atoms with E-state index >= 15 is 0 Å². The largest absolute Gasteiger partial charge is 0.481 e. The third-order valence-electron chi connectivity index (χ3n) is 4.06. The van der Waals surface area contributed by atoms with Crippen molar-refractivity contribution in [3.05, 3.63) is 29.8 Å². The number of hydrogen-bond donors (Lipinski definition) is 1. The molecule has 3 nitrogen and oxygen atoms in total. The summed E-state index contributed by atoms with van der Waals surface area (Å²) < 4.78 is 0. The van der Waals surface area contributed by atoms with E-state index in [0.717, 1.165) is 11.3 Å². The van der Waals surface area contributed by atoms with E-state index in [4.69, 9.17) is 0 Å². The van der Waals surface area contributed by atoms with Gasteiger partial charge in [0.1, 0.15) is 5.92 Å². The normalized spacial score (nSPS) is 24.0. The molecule has 1 unspecified atom stereocenters. The molecule has 3 heteroatoms. The Bertz CT molecular complexity index is 438. The first kappa shape index (κ1) is 10.6. The predicted molar refractivity (Wildman–Crippen MR) is 66.4 cm³/mol. The number of aliphatic carboxylic acids is 1. The van der Waals surface area contributed by atoms with Crippen LogP contribution in [0.4, 0.5) is 5.69 Å². The Morgan fingerprint density at radius 1 is 1.24 bits per heavy atom. The van der Waals surface area contributed by atoms with Gasteiger partial charge in [-0.25, -0.2) is 0 Å². The van der Waals surface area contributed by atoms with E-state index < -0.39 is 5.97 Å². The fourth-order valence-corrected chi connectivity index (χ4v) is 3.21. The van der Waals surface area contributed by atoms with Crippen molar-refractivity contribution in [2.24, 2.45) is 0 Å². The molecule has 1 atom stereocenters. The maximum Gasteiger partial charge on any atom is 0.312 e. The molecule has 1 saturated carbocycles. The number of anilines is 1. The van der Waals surface area contributed by atoms with Crippen LogP contribution in [0.15, 0.2) is 24.3 Å². The summed E-state index contributed by atoms with van der Waals surface area (Å²) >= 11 is 0. The number of benzene rings is 1. The Hall–Kier alpha value is -1.51. The van der Waals surface area contributed by atoms with Crippen LogP contribution in [-0.2, 0) is 4.79 Å². The summed E-state index contributed by atoms with van der Waals surface area (Å²) in [5.41, 5.74) is 2.14. The Labute approximate surface area is 101 Å². The van der Waals surface area contributed by atoms with Gasteiger partial charge in [0.15, 0.2) is 0 Å². The molecule has 0 radical (unpaired) electrons. The van der Waals surface area contributed by atoms with Crippen molar-refractivity contribution < 1.29 is 9.90 Å². The molecule has 1 heterocycles. The van der Waals surface area contributed by atoms with Gasteiger partial charge in [-0.15, -0.1) is 0 Å². The summed E-state index contributed by atoms with van der Waals surface area (Å²) in [6.07, 6.45) is 4.98. The lowest BCUT2D eigenvalue weighted by Crippen LogP contribution is -2.33. The second-order valence-corrected chi connectivity index (χ2v) is 5.04. The summed E-state index contributed by atoms with van der Waals surface area (Å²) in [4.78, 5) is 13.6. The number of hydrogen-bond acceptors (Lipinski definition) is 2. The zero-order chi connectivity index (χ0) is 11.8. The first-order valence-corrected chi connectivity index (χ1v) is 6.36. The van der Waals surface area contributed by atoms with Crippen molar-refractivity contribution in [2.45, 2.75) is 37.6 Å². The molecule has 1 N–H and O–H groups in total.